The highest BCUT2D eigenvalue weighted by Gasteiger charge is 2.20. The van der Waals surface area contributed by atoms with Gasteiger partial charge in [0.05, 0.1) is 5.88 Å². The summed E-state index contributed by atoms with van der Waals surface area (Å²) in [6.07, 6.45) is 5.84. The van der Waals surface area contributed by atoms with E-state index in [1.807, 2.05) is 18.3 Å². The molecule has 1 fully saturated rings. The molecule has 0 radical (unpaired) electrons. The maximum absolute atomic E-state index is 5.94. The van der Waals surface area contributed by atoms with Crippen molar-refractivity contribution >= 4 is 22.8 Å². The van der Waals surface area contributed by atoms with Crippen molar-refractivity contribution in [2.45, 2.75) is 31.7 Å². The predicted molar refractivity (Wildman–Crippen MR) is 64.4 cm³/mol. The van der Waals surface area contributed by atoms with Crippen molar-refractivity contribution in [1.82, 2.24) is 14.5 Å². The lowest BCUT2D eigenvalue weighted by Gasteiger charge is -2.26. The second-order valence-corrected chi connectivity index (χ2v) is 4.68. The van der Waals surface area contributed by atoms with Gasteiger partial charge in [-0.1, -0.05) is 6.42 Å². The molecule has 3 nitrogen and oxygen atoms in total. The van der Waals surface area contributed by atoms with E-state index in [1.165, 1.54) is 19.3 Å². The molecule has 1 aliphatic carbocycles. The van der Waals surface area contributed by atoms with Crippen molar-refractivity contribution < 1.29 is 0 Å². The largest absolute Gasteiger partial charge is 0.311 e. The molecule has 0 bridgehead atoms. The van der Waals surface area contributed by atoms with E-state index in [2.05, 4.69) is 14.5 Å². The van der Waals surface area contributed by atoms with E-state index in [-0.39, 0.29) is 0 Å². The minimum absolute atomic E-state index is 0.461. The van der Waals surface area contributed by atoms with Crippen LogP contribution in [0.2, 0.25) is 0 Å². The minimum atomic E-state index is 0.461. The van der Waals surface area contributed by atoms with Crippen molar-refractivity contribution in [3.05, 3.63) is 24.2 Å². The molecule has 4 heteroatoms. The van der Waals surface area contributed by atoms with Crippen molar-refractivity contribution in [3.63, 3.8) is 0 Å². The van der Waals surface area contributed by atoms with Crippen LogP contribution in [-0.4, -0.2) is 14.5 Å². The Hall–Kier alpha value is -1.09. The Morgan fingerprint density at radius 3 is 3.00 bits per heavy atom. The average molecular weight is 236 g/mol. The Kier molecular flexibility index (Phi) is 2.56. The number of hydrogen-bond acceptors (Lipinski definition) is 2. The van der Waals surface area contributed by atoms with Crippen LogP contribution in [0, 0.1) is 5.92 Å². The van der Waals surface area contributed by atoms with E-state index in [9.17, 15) is 0 Å². The molecule has 1 aliphatic rings. The van der Waals surface area contributed by atoms with Gasteiger partial charge in [0, 0.05) is 12.7 Å². The highest BCUT2D eigenvalue weighted by atomic mass is 35.5. The number of hydrogen-bond donors (Lipinski definition) is 0. The molecule has 0 N–H and O–H groups in total. The fourth-order valence-electron chi connectivity index (χ4n) is 2.23. The molecule has 0 amide bonds. The van der Waals surface area contributed by atoms with Gasteiger partial charge in [-0.25, -0.2) is 9.97 Å². The molecule has 3 rings (SSSR count). The molecule has 0 spiro atoms. The van der Waals surface area contributed by atoms with Gasteiger partial charge in [-0.2, -0.15) is 0 Å². The Bertz CT molecular complexity index is 502. The van der Waals surface area contributed by atoms with Crippen LogP contribution in [0.1, 0.15) is 25.1 Å². The van der Waals surface area contributed by atoms with Gasteiger partial charge >= 0.3 is 0 Å². The van der Waals surface area contributed by atoms with Gasteiger partial charge in [0.15, 0.2) is 5.65 Å². The summed E-state index contributed by atoms with van der Waals surface area (Å²) in [7, 11) is 0. The number of imidazole rings is 1. The second kappa shape index (κ2) is 4.06. The van der Waals surface area contributed by atoms with Gasteiger partial charge in [0.2, 0.25) is 0 Å². The van der Waals surface area contributed by atoms with Crippen LogP contribution >= 0.6 is 11.6 Å². The van der Waals surface area contributed by atoms with Crippen molar-refractivity contribution in [2.24, 2.45) is 5.92 Å². The maximum atomic E-state index is 5.94. The molecule has 0 aromatic carbocycles. The fraction of sp³-hybridized carbons (Fsp3) is 0.500. The van der Waals surface area contributed by atoms with E-state index in [4.69, 9.17) is 11.6 Å². The molecular weight excluding hydrogens is 222 g/mol. The average Bonchev–Trinajstić information content (AvgIpc) is 2.61. The third kappa shape index (κ3) is 1.59. The summed E-state index contributed by atoms with van der Waals surface area (Å²) in [6, 6.07) is 3.91. The summed E-state index contributed by atoms with van der Waals surface area (Å²) >= 11 is 5.94. The predicted octanol–water partition coefficient (Wildman–Crippen LogP) is 2.97. The topological polar surface area (TPSA) is 30.7 Å². The number of nitrogens with zero attached hydrogens (tertiary/aromatic N) is 3. The van der Waals surface area contributed by atoms with Crippen molar-refractivity contribution in [3.8, 4) is 0 Å². The van der Waals surface area contributed by atoms with Crippen molar-refractivity contribution in [1.29, 1.82) is 0 Å². The van der Waals surface area contributed by atoms with Crippen LogP contribution < -0.4 is 0 Å². The van der Waals surface area contributed by atoms with E-state index < -0.39 is 0 Å². The normalized spacial score (nSPS) is 16.6. The molecule has 16 heavy (non-hydrogen) atoms. The highest BCUT2D eigenvalue weighted by Crippen LogP contribution is 2.29. The Morgan fingerprint density at radius 1 is 1.44 bits per heavy atom. The van der Waals surface area contributed by atoms with Gasteiger partial charge in [-0.05, 0) is 30.9 Å². The van der Waals surface area contributed by atoms with Gasteiger partial charge in [-0.3, -0.25) is 0 Å². The van der Waals surface area contributed by atoms with Crippen LogP contribution in [0.5, 0.6) is 0 Å². The van der Waals surface area contributed by atoms with Crippen LogP contribution in [0.15, 0.2) is 18.3 Å². The van der Waals surface area contributed by atoms with Gasteiger partial charge < -0.3 is 4.57 Å². The summed E-state index contributed by atoms with van der Waals surface area (Å²) in [6.45, 7) is 1.02. The number of fused-ring (bicyclic) bond motifs is 1. The number of alkyl halides is 1. The maximum Gasteiger partial charge on any atom is 0.160 e. The number of rotatable bonds is 3. The summed E-state index contributed by atoms with van der Waals surface area (Å²) in [5.74, 6) is 2.20. The first-order valence-electron chi connectivity index (χ1n) is 5.74. The molecule has 1 saturated carbocycles. The Morgan fingerprint density at radius 2 is 2.31 bits per heavy atom. The van der Waals surface area contributed by atoms with Crippen molar-refractivity contribution in [2.75, 3.05) is 0 Å². The van der Waals surface area contributed by atoms with Crippen LogP contribution in [0.4, 0.5) is 0 Å². The van der Waals surface area contributed by atoms with Crippen LogP contribution in [-0.2, 0) is 12.4 Å². The molecule has 0 unspecified atom stereocenters. The molecule has 0 atom stereocenters. The summed E-state index contributed by atoms with van der Waals surface area (Å²) in [4.78, 5) is 8.91. The highest BCUT2D eigenvalue weighted by molar-refractivity contribution is 6.16. The molecular formula is C12H14ClN3. The van der Waals surface area contributed by atoms with E-state index >= 15 is 0 Å². The van der Waals surface area contributed by atoms with Crippen LogP contribution in [0.25, 0.3) is 11.2 Å². The van der Waals surface area contributed by atoms with E-state index in [0.717, 1.165) is 29.5 Å². The third-order valence-corrected chi connectivity index (χ3v) is 3.61. The van der Waals surface area contributed by atoms with Gasteiger partial charge in [0.25, 0.3) is 0 Å². The summed E-state index contributed by atoms with van der Waals surface area (Å²) in [5, 5.41) is 0. The van der Waals surface area contributed by atoms with E-state index in [0.29, 0.717) is 5.88 Å². The third-order valence-electron chi connectivity index (χ3n) is 3.37. The number of halogens is 1. The first-order valence-corrected chi connectivity index (χ1v) is 6.28. The molecule has 0 saturated heterocycles. The number of pyridine rings is 1. The van der Waals surface area contributed by atoms with Crippen LogP contribution in [0.3, 0.4) is 0 Å². The molecule has 2 heterocycles. The summed E-state index contributed by atoms with van der Waals surface area (Å²) in [5.41, 5.74) is 1.93. The zero-order valence-electron chi connectivity index (χ0n) is 9.06. The summed E-state index contributed by atoms with van der Waals surface area (Å²) < 4.78 is 2.19. The lowest BCUT2D eigenvalue weighted by Crippen LogP contribution is -2.19. The fourth-order valence-corrected chi connectivity index (χ4v) is 2.44. The number of aromatic nitrogens is 3. The molecule has 84 valence electrons. The lowest BCUT2D eigenvalue weighted by atomic mass is 9.85. The standard InChI is InChI=1S/C12H14ClN3/c13-7-11-15-10-5-2-6-14-12(10)16(11)8-9-3-1-4-9/h2,5-6,9H,1,3-4,7-8H2. The molecule has 0 aliphatic heterocycles. The first kappa shape index (κ1) is 10.1. The first-order chi connectivity index (χ1) is 7.88. The minimum Gasteiger partial charge on any atom is -0.311 e. The van der Waals surface area contributed by atoms with Gasteiger partial charge in [0.1, 0.15) is 11.3 Å². The monoisotopic (exact) mass is 235 g/mol. The lowest BCUT2D eigenvalue weighted by molar-refractivity contribution is 0.277. The smallest absolute Gasteiger partial charge is 0.160 e. The quantitative estimate of drug-likeness (QED) is 0.766. The second-order valence-electron chi connectivity index (χ2n) is 4.42. The SMILES string of the molecule is ClCc1nc2cccnc2n1CC1CCC1. The Balaban J connectivity index is 2.04. The Labute approximate surface area is 99.5 Å². The molecule has 2 aromatic heterocycles. The zero-order chi connectivity index (χ0) is 11.0. The zero-order valence-corrected chi connectivity index (χ0v) is 9.82. The van der Waals surface area contributed by atoms with E-state index in [1.54, 1.807) is 0 Å². The molecule has 2 aromatic rings. The van der Waals surface area contributed by atoms with Gasteiger partial charge in [-0.15, -0.1) is 11.6 Å².